The van der Waals surface area contributed by atoms with Crippen LogP contribution in [0.1, 0.15) is 31.0 Å². The fraction of sp³-hybridized carbons (Fsp3) is 0.261. The van der Waals surface area contributed by atoms with Gasteiger partial charge < -0.3 is 20.5 Å². The number of nitrogens with one attached hydrogen (secondary N) is 1. The van der Waals surface area contributed by atoms with E-state index in [4.69, 9.17) is 38.4 Å². The fourth-order valence-corrected chi connectivity index (χ4v) is 4.73. The van der Waals surface area contributed by atoms with Gasteiger partial charge in [-0.1, -0.05) is 54.0 Å². The highest BCUT2D eigenvalue weighted by Crippen LogP contribution is 2.39. The van der Waals surface area contributed by atoms with E-state index in [-0.39, 0.29) is 6.61 Å². The molecule has 0 bridgehead atoms. The first-order valence-corrected chi connectivity index (χ1v) is 12.2. The van der Waals surface area contributed by atoms with Gasteiger partial charge >= 0.3 is 0 Å². The number of benzene rings is 2. The monoisotopic (exact) mass is 519 g/mol. The van der Waals surface area contributed by atoms with Crippen LogP contribution in [0.15, 0.2) is 52.8 Å². The van der Waals surface area contributed by atoms with Crippen LogP contribution in [0.4, 0.5) is 5.95 Å². The number of hydrogen-bond acceptors (Lipinski definition) is 7. The Labute approximate surface area is 211 Å². The maximum absolute atomic E-state index is 12.4. The average Bonchev–Trinajstić information content (AvgIpc) is 3.19. The predicted octanol–water partition coefficient (Wildman–Crippen LogP) is 5.06. The summed E-state index contributed by atoms with van der Waals surface area (Å²) >= 11 is 13.7. The minimum atomic E-state index is -0.568. The molecule has 1 unspecified atom stereocenters. The lowest BCUT2D eigenvalue weighted by molar-refractivity contribution is -0.115. The maximum Gasteiger partial charge on any atom is 0.248 e. The van der Waals surface area contributed by atoms with Crippen molar-refractivity contribution in [1.29, 1.82) is 0 Å². The van der Waals surface area contributed by atoms with Crippen molar-refractivity contribution in [3.8, 4) is 11.5 Å². The summed E-state index contributed by atoms with van der Waals surface area (Å²) in [5.74, 6) is 1.83. The minimum Gasteiger partial charge on any atom is -0.493 e. The van der Waals surface area contributed by atoms with Crippen LogP contribution in [0.5, 0.6) is 11.5 Å². The molecule has 0 radical (unpaired) electrons. The zero-order valence-corrected chi connectivity index (χ0v) is 21.1. The van der Waals surface area contributed by atoms with Crippen LogP contribution in [0.25, 0.3) is 0 Å². The molecule has 3 aromatic rings. The molecule has 3 N–H and O–H groups in total. The number of amides is 1. The molecular formula is C23H23Cl2N5O3S. The summed E-state index contributed by atoms with van der Waals surface area (Å²) in [6.07, 6.45) is 0. The number of aromatic nitrogens is 3. The number of fused-ring (bicyclic) bond motifs is 1. The molecule has 8 nitrogen and oxygen atoms in total. The van der Waals surface area contributed by atoms with Crippen molar-refractivity contribution in [2.24, 2.45) is 5.73 Å². The number of methoxy groups -OCH3 is 1. The molecule has 0 saturated carbocycles. The molecule has 1 aliphatic heterocycles. The van der Waals surface area contributed by atoms with Crippen LogP contribution >= 0.6 is 35.0 Å². The summed E-state index contributed by atoms with van der Waals surface area (Å²) in [7, 11) is 1.55. The topological polar surface area (TPSA) is 104 Å². The summed E-state index contributed by atoms with van der Waals surface area (Å²) in [5, 5.41) is 9.42. The Bertz CT molecular complexity index is 1280. The van der Waals surface area contributed by atoms with Crippen molar-refractivity contribution in [1.82, 2.24) is 14.8 Å². The van der Waals surface area contributed by atoms with Crippen molar-refractivity contribution >= 4 is 46.8 Å². The van der Waals surface area contributed by atoms with E-state index in [1.807, 2.05) is 25.1 Å². The molecule has 2 aromatic carbocycles. The van der Waals surface area contributed by atoms with E-state index in [2.05, 4.69) is 15.4 Å². The summed E-state index contributed by atoms with van der Waals surface area (Å²) < 4.78 is 13.2. The zero-order valence-electron chi connectivity index (χ0n) is 18.8. The SMILES string of the molecule is CCSc1nc2n(n1)C(c1ccc(OCc3ccc(Cl)cc3Cl)c(OC)c1)C(C(N)=O)=C(C)N2. The lowest BCUT2D eigenvalue weighted by Gasteiger charge is -2.28. The quantitative estimate of drug-likeness (QED) is 0.400. The molecule has 178 valence electrons. The summed E-state index contributed by atoms with van der Waals surface area (Å²) in [4.78, 5) is 16.9. The van der Waals surface area contributed by atoms with Crippen LogP contribution < -0.4 is 20.5 Å². The van der Waals surface area contributed by atoms with Gasteiger partial charge in [0.2, 0.25) is 17.0 Å². The lowest BCUT2D eigenvalue weighted by atomic mass is 9.95. The third kappa shape index (κ3) is 4.82. The van der Waals surface area contributed by atoms with Gasteiger partial charge in [-0.15, -0.1) is 5.10 Å². The minimum absolute atomic E-state index is 0.232. The van der Waals surface area contributed by atoms with Crippen LogP contribution in [-0.2, 0) is 11.4 Å². The first-order valence-electron chi connectivity index (χ1n) is 10.4. The first-order chi connectivity index (χ1) is 16.3. The number of carbonyl (C=O) groups is 1. The Hall–Kier alpha value is -2.88. The molecule has 1 aromatic heterocycles. The summed E-state index contributed by atoms with van der Waals surface area (Å²) in [5.41, 5.74) is 8.33. The van der Waals surface area contributed by atoms with Crippen molar-refractivity contribution in [2.45, 2.75) is 31.7 Å². The van der Waals surface area contributed by atoms with Crippen molar-refractivity contribution in [2.75, 3.05) is 18.2 Å². The number of anilines is 1. The number of nitrogens with two attached hydrogens (primary N) is 1. The highest BCUT2D eigenvalue weighted by Gasteiger charge is 2.33. The van der Waals surface area contributed by atoms with Gasteiger partial charge in [0.25, 0.3) is 0 Å². The van der Waals surface area contributed by atoms with E-state index in [9.17, 15) is 4.79 Å². The van der Waals surface area contributed by atoms with E-state index in [0.717, 1.165) is 16.9 Å². The molecule has 2 heterocycles. The van der Waals surface area contributed by atoms with Gasteiger partial charge in [-0.25, -0.2) is 4.68 Å². The molecule has 1 amide bonds. The van der Waals surface area contributed by atoms with Crippen LogP contribution in [0.3, 0.4) is 0 Å². The molecule has 0 spiro atoms. The maximum atomic E-state index is 12.4. The molecule has 0 saturated heterocycles. The number of carbonyl (C=O) groups excluding carboxylic acids is 1. The largest absolute Gasteiger partial charge is 0.493 e. The van der Waals surface area contributed by atoms with E-state index in [1.165, 1.54) is 11.8 Å². The second kappa shape index (κ2) is 10.2. The molecule has 0 aliphatic carbocycles. The number of hydrogen-bond donors (Lipinski definition) is 2. The van der Waals surface area contributed by atoms with E-state index in [1.54, 1.807) is 36.9 Å². The van der Waals surface area contributed by atoms with E-state index >= 15 is 0 Å². The van der Waals surface area contributed by atoms with Gasteiger partial charge in [-0.05, 0) is 42.5 Å². The molecule has 0 fully saturated rings. The number of ether oxygens (including phenoxy) is 2. The zero-order chi connectivity index (χ0) is 24.4. The van der Waals surface area contributed by atoms with Crippen molar-refractivity contribution in [3.05, 3.63) is 68.8 Å². The molecule has 1 aliphatic rings. The Morgan fingerprint density at radius 2 is 2.03 bits per heavy atom. The standard InChI is InChI=1S/C23H23Cl2N5O3S/c1-4-34-23-28-22-27-12(2)19(21(26)31)20(30(22)29-23)13-6-8-17(18(9-13)32-3)33-11-14-5-7-15(24)10-16(14)25/h5-10,20H,4,11H2,1-3H3,(H2,26,31)(H,27,28,29). The molecule has 11 heteroatoms. The van der Waals surface area contributed by atoms with Crippen molar-refractivity contribution in [3.63, 3.8) is 0 Å². The number of nitrogens with zero attached hydrogens (tertiary/aromatic N) is 3. The number of primary amides is 1. The van der Waals surface area contributed by atoms with Gasteiger partial charge in [0.15, 0.2) is 11.5 Å². The third-order valence-electron chi connectivity index (χ3n) is 5.27. The number of thioether (sulfide) groups is 1. The highest BCUT2D eigenvalue weighted by molar-refractivity contribution is 7.99. The number of halogens is 2. The molecular weight excluding hydrogens is 497 g/mol. The van der Waals surface area contributed by atoms with Crippen LogP contribution in [0.2, 0.25) is 10.0 Å². The summed E-state index contributed by atoms with van der Waals surface area (Å²) in [6.45, 7) is 4.05. The molecule has 4 rings (SSSR count). The van der Waals surface area contributed by atoms with Gasteiger partial charge in [0, 0.05) is 21.3 Å². The highest BCUT2D eigenvalue weighted by atomic mass is 35.5. The van der Waals surface area contributed by atoms with E-state index < -0.39 is 11.9 Å². The Morgan fingerprint density at radius 1 is 1.24 bits per heavy atom. The Balaban J connectivity index is 1.69. The second-order valence-electron chi connectivity index (χ2n) is 7.46. The van der Waals surface area contributed by atoms with Gasteiger partial charge in [0.1, 0.15) is 12.6 Å². The van der Waals surface area contributed by atoms with Gasteiger partial charge in [-0.2, -0.15) is 4.98 Å². The number of rotatable bonds is 8. The summed E-state index contributed by atoms with van der Waals surface area (Å²) in [6, 6.07) is 10.1. The Kier molecular flexibility index (Phi) is 7.25. The normalized spacial score (nSPS) is 15.0. The van der Waals surface area contributed by atoms with Gasteiger partial charge in [-0.3, -0.25) is 4.79 Å². The molecule has 1 atom stereocenters. The van der Waals surface area contributed by atoms with Gasteiger partial charge in [0.05, 0.1) is 12.7 Å². The predicted molar refractivity (Wildman–Crippen MR) is 134 cm³/mol. The number of allylic oxidation sites excluding steroid dienone is 1. The average molecular weight is 520 g/mol. The van der Waals surface area contributed by atoms with E-state index in [0.29, 0.717) is 43.9 Å². The lowest BCUT2D eigenvalue weighted by Crippen LogP contribution is -2.31. The third-order valence-corrected chi connectivity index (χ3v) is 6.58. The Morgan fingerprint density at radius 3 is 2.71 bits per heavy atom. The fourth-order valence-electron chi connectivity index (χ4n) is 3.72. The van der Waals surface area contributed by atoms with Crippen LogP contribution in [-0.4, -0.2) is 33.5 Å². The smallest absolute Gasteiger partial charge is 0.248 e. The first kappa shape index (κ1) is 24.3. The van der Waals surface area contributed by atoms with Crippen LogP contribution in [0, 0.1) is 0 Å². The van der Waals surface area contributed by atoms with Crippen molar-refractivity contribution < 1.29 is 14.3 Å². The molecule has 34 heavy (non-hydrogen) atoms. The second-order valence-corrected chi connectivity index (χ2v) is 9.54.